The first kappa shape index (κ1) is 16.0. The topological polar surface area (TPSA) is 52.7 Å². The number of likely N-dealkylation sites (tertiary alicyclic amines) is 1. The molecule has 1 aromatic carbocycles. The highest BCUT2D eigenvalue weighted by atomic mass is 16.2. The number of nitrogens with zero attached hydrogens (tertiary/aromatic N) is 2. The molecule has 1 N–H and O–H groups in total. The SMILES string of the molecule is CC1C(=O)NCCN1C(=O)C1CCN(Cc2ccccc2)CC1. The molecule has 0 spiro atoms. The van der Waals surface area contributed by atoms with Crippen molar-refractivity contribution >= 4 is 11.8 Å². The van der Waals surface area contributed by atoms with Gasteiger partial charge in [0.2, 0.25) is 11.8 Å². The number of hydrogen-bond donors (Lipinski definition) is 1. The summed E-state index contributed by atoms with van der Waals surface area (Å²) < 4.78 is 0. The first-order valence-electron chi connectivity index (χ1n) is 8.49. The van der Waals surface area contributed by atoms with Gasteiger partial charge in [-0.1, -0.05) is 30.3 Å². The molecule has 0 saturated carbocycles. The number of piperidine rings is 1. The number of hydrogen-bond acceptors (Lipinski definition) is 3. The Kier molecular flexibility index (Phi) is 4.96. The van der Waals surface area contributed by atoms with E-state index in [0.717, 1.165) is 32.5 Å². The van der Waals surface area contributed by atoms with Crippen LogP contribution in [-0.4, -0.2) is 53.8 Å². The Morgan fingerprint density at radius 3 is 2.57 bits per heavy atom. The van der Waals surface area contributed by atoms with Crippen molar-refractivity contribution in [3.63, 3.8) is 0 Å². The highest BCUT2D eigenvalue weighted by Crippen LogP contribution is 2.22. The Hall–Kier alpha value is -1.88. The molecule has 5 heteroatoms. The number of amides is 2. The van der Waals surface area contributed by atoms with E-state index in [9.17, 15) is 9.59 Å². The quantitative estimate of drug-likeness (QED) is 0.913. The molecule has 1 unspecified atom stereocenters. The van der Waals surface area contributed by atoms with E-state index in [-0.39, 0.29) is 23.8 Å². The molecule has 5 nitrogen and oxygen atoms in total. The molecule has 1 atom stereocenters. The molecule has 3 rings (SSSR count). The second-order valence-electron chi connectivity index (χ2n) is 6.53. The van der Waals surface area contributed by atoms with Crippen LogP contribution in [0, 0.1) is 5.92 Å². The van der Waals surface area contributed by atoms with Crippen LogP contribution >= 0.6 is 0 Å². The van der Waals surface area contributed by atoms with E-state index in [0.29, 0.717) is 13.1 Å². The highest BCUT2D eigenvalue weighted by molar-refractivity contribution is 5.89. The second-order valence-corrected chi connectivity index (χ2v) is 6.53. The van der Waals surface area contributed by atoms with Crippen molar-refractivity contribution in [2.75, 3.05) is 26.2 Å². The van der Waals surface area contributed by atoms with Crippen LogP contribution in [0.1, 0.15) is 25.3 Å². The Morgan fingerprint density at radius 2 is 1.87 bits per heavy atom. The molecule has 2 amide bonds. The Labute approximate surface area is 137 Å². The van der Waals surface area contributed by atoms with E-state index in [1.165, 1.54) is 5.56 Å². The molecular formula is C18H25N3O2. The van der Waals surface area contributed by atoms with Crippen molar-refractivity contribution in [2.24, 2.45) is 5.92 Å². The zero-order chi connectivity index (χ0) is 16.2. The zero-order valence-corrected chi connectivity index (χ0v) is 13.7. The molecule has 2 fully saturated rings. The fraction of sp³-hybridized carbons (Fsp3) is 0.556. The highest BCUT2D eigenvalue weighted by Gasteiger charge is 2.34. The summed E-state index contributed by atoms with van der Waals surface area (Å²) in [5.41, 5.74) is 1.32. The third-order valence-corrected chi connectivity index (χ3v) is 4.97. The van der Waals surface area contributed by atoms with Crippen LogP contribution in [-0.2, 0) is 16.1 Å². The molecule has 2 aliphatic heterocycles. The van der Waals surface area contributed by atoms with Crippen LogP contribution in [0.5, 0.6) is 0 Å². The number of piperazine rings is 1. The average molecular weight is 315 g/mol. The summed E-state index contributed by atoms with van der Waals surface area (Å²) in [6, 6.07) is 10.1. The van der Waals surface area contributed by atoms with Crippen molar-refractivity contribution in [2.45, 2.75) is 32.4 Å². The van der Waals surface area contributed by atoms with Gasteiger partial charge in [-0.2, -0.15) is 0 Å². The molecule has 2 aliphatic rings. The van der Waals surface area contributed by atoms with E-state index < -0.39 is 0 Å². The predicted octanol–water partition coefficient (Wildman–Crippen LogP) is 1.25. The maximum Gasteiger partial charge on any atom is 0.242 e. The van der Waals surface area contributed by atoms with Crippen molar-refractivity contribution in [3.8, 4) is 0 Å². The van der Waals surface area contributed by atoms with Gasteiger partial charge in [0.15, 0.2) is 0 Å². The summed E-state index contributed by atoms with van der Waals surface area (Å²) in [7, 11) is 0. The third kappa shape index (κ3) is 3.72. The normalized spacial score (nSPS) is 23.6. The molecule has 0 aromatic heterocycles. The molecule has 1 aromatic rings. The first-order chi connectivity index (χ1) is 11.1. The van der Waals surface area contributed by atoms with Crippen molar-refractivity contribution in [1.29, 1.82) is 0 Å². The predicted molar refractivity (Wildman–Crippen MR) is 88.6 cm³/mol. The summed E-state index contributed by atoms with van der Waals surface area (Å²) >= 11 is 0. The van der Waals surface area contributed by atoms with Gasteiger partial charge in [0.1, 0.15) is 6.04 Å². The summed E-state index contributed by atoms with van der Waals surface area (Å²) in [5, 5.41) is 2.81. The molecule has 0 aliphatic carbocycles. The smallest absolute Gasteiger partial charge is 0.242 e. The fourth-order valence-electron chi connectivity index (χ4n) is 3.50. The average Bonchev–Trinajstić information content (AvgIpc) is 2.58. The molecule has 2 heterocycles. The van der Waals surface area contributed by atoms with Crippen LogP contribution in [0.2, 0.25) is 0 Å². The van der Waals surface area contributed by atoms with Gasteiger partial charge in [0.05, 0.1) is 0 Å². The minimum atomic E-state index is -0.335. The van der Waals surface area contributed by atoms with Crippen molar-refractivity contribution < 1.29 is 9.59 Å². The lowest BCUT2D eigenvalue weighted by atomic mass is 9.94. The van der Waals surface area contributed by atoms with Crippen molar-refractivity contribution in [1.82, 2.24) is 15.1 Å². The summed E-state index contributed by atoms with van der Waals surface area (Å²) in [5.74, 6) is 0.188. The van der Waals surface area contributed by atoms with Gasteiger partial charge in [-0.15, -0.1) is 0 Å². The summed E-state index contributed by atoms with van der Waals surface area (Å²) in [4.78, 5) is 28.6. The molecular weight excluding hydrogens is 290 g/mol. The van der Waals surface area contributed by atoms with Gasteiger partial charge in [-0.05, 0) is 38.4 Å². The largest absolute Gasteiger partial charge is 0.353 e. The second kappa shape index (κ2) is 7.13. The Morgan fingerprint density at radius 1 is 1.17 bits per heavy atom. The van der Waals surface area contributed by atoms with E-state index >= 15 is 0 Å². The maximum absolute atomic E-state index is 12.7. The molecule has 2 saturated heterocycles. The van der Waals surface area contributed by atoms with Gasteiger partial charge in [0.25, 0.3) is 0 Å². The molecule has 0 bridgehead atoms. The van der Waals surface area contributed by atoms with Crippen LogP contribution < -0.4 is 5.32 Å². The lowest BCUT2D eigenvalue weighted by Gasteiger charge is -2.38. The van der Waals surface area contributed by atoms with E-state index in [2.05, 4.69) is 34.5 Å². The van der Waals surface area contributed by atoms with Gasteiger partial charge in [0, 0.05) is 25.6 Å². The van der Waals surface area contributed by atoms with Crippen LogP contribution in [0.3, 0.4) is 0 Å². The number of benzene rings is 1. The lowest BCUT2D eigenvalue weighted by Crippen LogP contribution is -2.57. The lowest BCUT2D eigenvalue weighted by molar-refractivity contribution is -0.146. The van der Waals surface area contributed by atoms with Crippen LogP contribution in [0.15, 0.2) is 30.3 Å². The Bertz CT molecular complexity index is 553. The van der Waals surface area contributed by atoms with E-state index in [1.54, 1.807) is 4.90 Å². The monoisotopic (exact) mass is 315 g/mol. The number of carbonyl (C=O) groups excluding carboxylic acids is 2. The van der Waals surface area contributed by atoms with Gasteiger partial charge >= 0.3 is 0 Å². The van der Waals surface area contributed by atoms with E-state index in [4.69, 9.17) is 0 Å². The van der Waals surface area contributed by atoms with E-state index in [1.807, 2.05) is 13.0 Å². The molecule has 0 radical (unpaired) electrons. The minimum Gasteiger partial charge on any atom is -0.353 e. The third-order valence-electron chi connectivity index (χ3n) is 4.97. The van der Waals surface area contributed by atoms with Gasteiger partial charge < -0.3 is 10.2 Å². The first-order valence-corrected chi connectivity index (χ1v) is 8.49. The number of nitrogens with one attached hydrogen (secondary N) is 1. The summed E-state index contributed by atoms with van der Waals surface area (Å²) in [6.45, 7) is 5.86. The van der Waals surface area contributed by atoms with Gasteiger partial charge in [-0.3, -0.25) is 14.5 Å². The number of carbonyl (C=O) groups is 2. The van der Waals surface area contributed by atoms with Crippen molar-refractivity contribution in [3.05, 3.63) is 35.9 Å². The zero-order valence-electron chi connectivity index (χ0n) is 13.7. The van der Waals surface area contributed by atoms with Crippen LogP contribution in [0.25, 0.3) is 0 Å². The maximum atomic E-state index is 12.7. The Balaban J connectivity index is 1.52. The number of rotatable bonds is 3. The molecule has 124 valence electrons. The van der Waals surface area contributed by atoms with Gasteiger partial charge in [-0.25, -0.2) is 0 Å². The molecule has 23 heavy (non-hydrogen) atoms. The fourth-order valence-corrected chi connectivity index (χ4v) is 3.50. The summed E-state index contributed by atoms with van der Waals surface area (Å²) in [6.07, 6.45) is 1.77. The minimum absolute atomic E-state index is 0.0360. The standard InChI is InChI=1S/C18H25N3O2/c1-14-17(22)19-9-12-21(14)18(23)16-7-10-20(11-8-16)13-15-5-3-2-4-6-15/h2-6,14,16H,7-13H2,1H3,(H,19,22). The van der Waals surface area contributed by atoms with Crippen LogP contribution in [0.4, 0.5) is 0 Å².